The highest BCUT2D eigenvalue weighted by atomic mass is 32.2. The molecule has 0 radical (unpaired) electrons. The number of thioether (sulfide) groups is 1. The fraction of sp³-hybridized carbons (Fsp3) is 0.350. The molecule has 2 amide bonds. The zero-order valence-electron chi connectivity index (χ0n) is 18.0. The summed E-state index contributed by atoms with van der Waals surface area (Å²) in [5, 5.41) is 17.9. The molecule has 178 valence electrons. The van der Waals surface area contributed by atoms with Crippen molar-refractivity contribution in [1.82, 2.24) is 19.6 Å². The molecule has 2 aliphatic rings. The Bertz CT molecular complexity index is 1170. The summed E-state index contributed by atoms with van der Waals surface area (Å²) in [5.41, 5.74) is 5.79. The van der Waals surface area contributed by atoms with Crippen molar-refractivity contribution in [2.24, 2.45) is 5.16 Å². The lowest BCUT2D eigenvalue weighted by Crippen LogP contribution is -2.71. The van der Waals surface area contributed by atoms with E-state index in [0.29, 0.717) is 24.3 Å². The maximum Gasteiger partial charge on any atom is 0.278 e. The highest BCUT2D eigenvalue weighted by Crippen LogP contribution is 2.40. The van der Waals surface area contributed by atoms with Crippen LogP contribution in [0.3, 0.4) is 0 Å². The number of carbonyl (C=O) groups is 3. The van der Waals surface area contributed by atoms with Crippen molar-refractivity contribution in [2.45, 2.75) is 31.3 Å². The molecule has 0 saturated carbocycles. The number of nitrogens with zero attached hydrogens (tertiary/aromatic N) is 5. The number of carboxylic acids is 1. The SMILES string of the molecule is CCCON=C(C(=O)NC1C(=O)N2C(C(=O)[O-])=C(C[n+]3ccccc3)CS[C@@H]12)c1nsc(N)n1. The van der Waals surface area contributed by atoms with Crippen molar-refractivity contribution in [1.29, 1.82) is 0 Å². The number of carbonyl (C=O) groups excluding carboxylic acids is 3. The highest BCUT2D eigenvalue weighted by molar-refractivity contribution is 8.00. The average Bonchev–Trinajstić information content (AvgIpc) is 3.26. The number of hydrogen-bond acceptors (Lipinski definition) is 11. The number of nitrogen functional groups attached to an aromatic ring is 1. The normalized spacial score (nSPS) is 20.0. The van der Waals surface area contributed by atoms with Crippen molar-refractivity contribution >= 4 is 51.9 Å². The fourth-order valence-corrected chi connectivity index (χ4v) is 5.25. The number of nitrogens with one attached hydrogen (secondary N) is 1. The average molecular weight is 504 g/mol. The standard InChI is InChI=1S/C20H21N7O5S2/c1-2-8-32-24-12(15-23-20(21)34-25-15)16(28)22-13-17(29)27-14(19(30)31)11(10-33-18(13)27)9-26-6-4-3-5-7-26/h3-7,13,18H,2,8-10H2,1H3,(H3-,21,22,23,25,28,30,31)/t13?,18-/m0/s1. The van der Waals surface area contributed by atoms with E-state index in [9.17, 15) is 19.5 Å². The Kier molecular flexibility index (Phi) is 7.07. The number of amides is 2. The van der Waals surface area contributed by atoms with Gasteiger partial charge in [0.1, 0.15) is 18.0 Å². The van der Waals surface area contributed by atoms with Gasteiger partial charge in [-0.1, -0.05) is 18.1 Å². The molecule has 34 heavy (non-hydrogen) atoms. The van der Waals surface area contributed by atoms with Crippen molar-refractivity contribution in [3.63, 3.8) is 0 Å². The van der Waals surface area contributed by atoms with E-state index in [4.69, 9.17) is 10.6 Å². The van der Waals surface area contributed by atoms with Gasteiger partial charge in [0, 0.05) is 35.0 Å². The van der Waals surface area contributed by atoms with Crippen LogP contribution >= 0.6 is 23.3 Å². The summed E-state index contributed by atoms with van der Waals surface area (Å²) in [6.45, 7) is 2.45. The van der Waals surface area contributed by atoms with Gasteiger partial charge in [0.25, 0.3) is 11.8 Å². The molecular formula is C20H21N7O5S2. The van der Waals surface area contributed by atoms with Gasteiger partial charge in [0.05, 0.1) is 11.7 Å². The number of aliphatic carboxylic acids is 1. The third-order valence-corrected chi connectivity index (χ3v) is 6.88. The third-order valence-electron chi connectivity index (χ3n) is 5.00. The van der Waals surface area contributed by atoms with E-state index >= 15 is 0 Å². The van der Waals surface area contributed by atoms with Gasteiger partial charge in [-0.15, -0.1) is 11.8 Å². The van der Waals surface area contributed by atoms with E-state index in [1.54, 1.807) is 12.4 Å². The van der Waals surface area contributed by atoms with Crippen LogP contribution in [-0.4, -0.2) is 61.5 Å². The number of hydrogen-bond donors (Lipinski definition) is 2. The molecule has 2 atom stereocenters. The van der Waals surface area contributed by atoms with Gasteiger partial charge in [-0.25, -0.2) is 4.57 Å². The van der Waals surface area contributed by atoms with Crippen molar-refractivity contribution in [3.8, 4) is 0 Å². The Morgan fingerprint density at radius 3 is 2.79 bits per heavy atom. The zero-order valence-corrected chi connectivity index (χ0v) is 19.7. The summed E-state index contributed by atoms with van der Waals surface area (Å²) in [5.74, 6) is -2.38. The van der Waals surface area contributed by atoms with E-state index < -0.39 is 29.2 Å². The molecule has 0 aromatic carbocycles. The molecule has 14 heteroatoms. The van der Waals surface area contributed by atoms with Crippen molar-refractivity contribution in [2.75, 3.05) is 18.1 Å². The van der Waals surface area contributed by atoms with Crippen LogP contribution in [0.4, 0.5) is 5.13 Å². The van der Waals surface area contributed by atoms with Crippen molar-refractivity contribution in [3.05, 3.63) is 47.7 Å². The van der Waals surface area contributed by atoms with E-state index in [1.807, 2.05) is 29.7 Å². The Morgan fingerprint density at radius 2 is 2.15 bits per heavy atom. The van der Waals surface area contributed by atoms with Crippen LogP contribution in [0, 0.1) is 0 Å². The Hall–Kier alpha value is -3.52. The predicted octanol–water partition coefficient (Wildman–Crippen LogP) is -1.36. The summed E-state index contributed by atoms with van der Waals surface area (Å²) in [7, 11) is 0. The van der Waals surface area contributed by atoms with Crippen LogP contribution in [0.15, 0.2) is 47.0 Å². The summed E-state index contributed by atoms with van der Waals surface area (Å²) in [6, 6.07) is 4.55. The number of β-lactam (4-membered cyclic amide) rings is 1. The van der Waals surface area contributed by atoms with Crippen molar-refractivity contribution < 1.29 is 28.9 Å². The largest absolute Gasteiger partial charge is 0.543 e. The Labute approximate surface area is 202 Å². The molecule has 2 aromatic heterocycles. The maximum atomic E-state index is 12.9. The lowest BCUT2D eigenvalue weighted by molar-refractivity contribution is -0.689. The lowest BCUT2D eigenvalue weighted by Gasteiger charge is -2.50. The van der Waals surface area contributed by atoms with Crippen LogP contribution in [0.25, 0.3) is 0 Å². The second-order valence-corrected chi connectivity index (χ2v) is 9.27. The molecule has 0 spiro atoms. The lowest BCUT2D eigenvalue weighted by atomic mass is 10.0. The number of oxime groups is 1. The molecule has 2 aromatic rings. The summed E-state index contributed by atoms with van der Waals surface area (Å²) in [4.78, 5) is 48.0. The number of anilines is 1. The van der Waals surface area contributed by atoms with Crippen LogP contribution in [-0.2, 0) is 25.8 Å². The number of nitrogens with two attached hydrogens (primary N) is 1. The highest BCUT2D eigenvalue weighted by Gasteiger charge is 2.53. The van der Waals surface area contributed by atoms with E-state index in [0.717, 1.165) is 16.4 Å². The predicted molar refractivity (Wildman–Crippen MR) is 121 cm³/mol. The van der Waals surface area contributed by atoms with E-state index in [-0.39, 0.29) is 29.0 Å². The molecule has 4 rings (SSSR count). The van der Waals surface area contributed by atoms with Crippen LogP contribution in [0.1, 0.15) is 19.2 Å². The second-order valence-electron chi connectivity index (χ2n) is 7.38. The first kappa shape index (κ1) is 23.6. The molecule has 3 N–H and O–H groups in total. The quantitative estimate of drug-likeness (QED) is 0.138. The minimum absolute atomic E-state index is 0.0199. The number of fused-ring (bicyclic) bond motifs is 1. The number of rotatable bonds is 9. The molecule has 2 aliphatic heterocycles. The molecule has 1 unspecified atom stereocenters. The van der Waals surface area contributed by atoms with Gasteiger partial charge in [0.2, 0.25) is 11.5 Å². The van der Waals surface area contributed by atoms with E-state index in [1.165, 1.54) is 11.8 Å². The number of pyridine rings is 1. The molecule has 0 aliphatic carbocycles. The monoisotopic (exact) mass is 503 g/mol. The molecule has 0 bridgehead atoms. The van der Waals surface area contributed by atoms with Gasteiger partial charge >= 0.3 is 0 Å². The summed E-state index contributed by atoms with van der Waals surface area (Å²) >= 11 is 2.25. The van der Waals surface area contributed by atoms with Gasteiger partial charge in [-0.05, 0) is 6.42 Å². The minimum Gasteiger partial charge on any atom is -0.543 e. The van der Waals surface area contributed by atoms with Crippen LogP contribution in [0.2, 0.25) is 0 Å². The van der Waals surface area contributed by atoms with Gasteiger partial charge < -0.3 is 25.8 Å². The minimum atomic E-state index is -1.44. The fourth-order valence-electron chi connectivity index (χ4n) is 3.48. The summed E-state index contributed by atoms with van der Waals surface area (Å²) < 4.78 is 5.80. The first-order valence-corrected chi connectivity index (χ1v) is 12.2. The first-order valence-electron chi connectivity index (χ1n) is 10.3. The molecule has 1 fully saturated rings. The number of aromatic nitrogens is 3. The first-order chi connectivity index (χ1) is 16.4. The second kappa shape index (κ2) is 10.2. The zero-order chi connectivity index (χ0) is 24.2. The molecule has 1 saturated heterocycles. The summed E-state index contributed by atoms with van der Waals surface area (Å²) in [6.07, 6.45) is 4.28. The Morgan fingerprint density at radius 1 is 1.38 bits per heavy atom. The third kappa shape index (κ3) is 4.72. The van der Waals surface area contributed by atoms with Gasteiger partial charge in [-0.2, -0.15) is 9.36 Å². The molecule has 4 heterocycles. The maximum absolute atomic E-state index is 12.9. The Balaban J connectivity index is 1.52. The van der Waals surface area contributed by atoms with E-state index in [2.05, 4.69) is 19.8 Å². The smallest absolute Gasteiger partial charge is 0.278 e. The van der Waals surface area contributed by atoms with Gasteiger partial charge in [0.15, 0.2) is 24.1 Å². The van der Waals surface area contributed by atoms with Crippen LogP contribution < -0.4 is 20.7 Å². The molecule has 12 nitrogen and oxygen atoms in total. The van der Waals surface area contributed by atoms with Gasteiger partial charge in [-0.3, -0.25) is 14.5 Å². The molecular weight excluding hydrogens is 482 g/mol. The van der Waals surface area contributed by atoms with Crippen LogP contribution in [0.5, 0.6) is 0 Å². The number of carboxylic acid groups (broad SMARTS) is 1. The topological polar surface area (TPSA) is 167 Å².